The quantitative estimate of drug-likeness (QED) is 0.824. The number of nitrogens with two attached hydrogens (primary N) is 1. The summed E-state index contributed by atoms with van der Waals surface area (Å²) in [6.07, 6.45) is 0.264. The smallest absolute Gasteiger partial charge is 0.159 e. The van der Waals surface area contributed by atoms with Gasteiger partial charge in [-0.3, -0.25) is 0 Å². The van der Waals surface area contributed by atoms with E-state index in [1.54, 1.807) is 6.92 Å². The molecule has 0 spiro atoms. The maximum atomic E-state index is 13.8. The highest BCUT2D eigenvalue weighted by Crippen LogP contribution is 2.21. The van der Waals surface area contributed by atoms with Gasteiger partial charge in [-0.2, -0.15) is 0 Å². The molecule has 1 nitrogen and oxygen atoms in total. The summed E-state index contributed by atoms with van der Waals surface area (Å²) in [5.41, 5.74) is 4.17. The highest BCUT2D eigenvalue weighted by Gasteiger charge is 2.26. The standard InChI is InChI=1S/C11H14F3N/c1-2-11(14,7-15)6-8-3-4-9(12)10(13)5-8/h3-5H,2,6-7,15H2,1H3. The molecule has 0 aliphatic carbocycles. The van der Waals surface area contributed by atoms with Gasteiger partial charge in [0.25, 0.3) is 0 Å². The van der Waals surface area contributed by atoms with E-state index in [1.807, 2.05) is 0 Å². The van der Waals surface area contributed by atoms with Crippen LogP contribution in [0.5, 0.6) is 0 Å². The molecule has 0 saturated carbocycles. The second kappa shape index (κ2) is 4.66. The third kappa shape index (κ3) is 2.96. The Kier molecular flexibility index (Phi) is 3.74. The van der Waals surface area contributed by atoms with Crippen molar-refractivity contribution in [3.05, 3.63) is 35.4 Å². The SMILES string of the molecule is CCC(F)(CN)Cc1ccc(F)c(F)c1. The summed E-state index contributed by atoms with van der Waals surface area (Å²) in [5, 5.41) is 0. The van der Waals surface area contributed by atoms with Crippen molar-refractivity contribution in [1.29, 1.82) is 0 Å². The van der Waals surface area contributed by atoms with Gasteiger partial charge in [0.1, 0.15) is 5.67 Å². The van der Waals surface area contributed by atoms with Crippen molar-refractivity contribution in [3.63, 3.8) is 0 Å². The minimum atomic E-state index is -1.54. The summed E-state index contributed by atoms with van der Waals surface area (Å²) in [6.45, 7) is 1.55. The van der Waals surface area contributed by atoms with E-state index in [1.165, 1.54) is 6.07 Å². The van der Waals surface area contributed by atoms with Crippen LogP contribution in [-0.2, 0) is 6.42 Å². The molecule has 1 atom stereocenters. The first-order valence-corrected chi connectivity index (χ1v) is 4.83. The molecule has 0 saturated heterocycles. The van der Waals surface area contributed by atoms with Gasteiger partial charge in [0.2, 0.25) is 0 Å². The van der Waals surface area contributed by atoms with E-state index in [9.17, 15) is 13.2 Å². The monoisotopic (exact) mass is 217 g/mol. The molecule has 0 bridgehead atoms. The zero-order valence-electron chi connectivity index (χ0n) is 8.56. The Hall–Kier alpha value is -1.03. The normalized spacial score (nSPS) is 15.0. The van der Waals surface area contributed by atoms with Crippen LogP contribution in [0.1, 0.15) is 18.9 Å². The van der Waals surface area contributed by atoms with Crippen LogP contribution in [0.3, 0.4) is 0 Å². The Bertz CT molecular complexity index is 335. The van der Waals surface area contributed by atoms with Gasteiger partial charge in [0.15, 0.2) is 11.6 Å². The van der Waals surface area contributed by atoms with E-state index in [4.69, 9.17) is 5.73 Å². The van der Waals surface area contributed by atoms with Crippen LogP contribution in [0.15, 0.2) is 18.2 Å². The predicted molar refractivity (Wildman–Crippen MR) is 53.2 cm³/mol. The lowest BCUT2D eigenvalue weighted by Crippen LogP contribution is -2.34. The molecule has 0 radical (unpaired) electrons. The summed E-state index contributed by atoms with van der Waals surface area (Å²) in [7, 11) is 0. The van der Waals surface area contributed by atoms with Crippen LogP contribution < -0.4 is 5.73 Å². The predicted octanol–water partition coefficient (Wildman–Crippen LogP) is 2.58. The van der Waals surface area contributed by atoms with Crippen molar-refractivity contribution in [1.82, 2.24) is 0 Å². The molecule has 84 valence electrons. The Labute approximate surface area is 87.1 Å². The fourth-order valence-electron chi connectivity index (χ4n) is 1.36. The third-order valence-corrected chi connectivity index (χ3v) is 2.50. The van der Waals surface area contributed by atoms with Crippen molar-refractivity contribution < 1.29 is 13.2 Å². The number of benzene rings is 1. The van der Waals surface area contributed by atoms with Crippen molar-refractivity contribution in [2.24, 2.45) is 5.73 Å². The highest BCUT2D eigenvalue weighted by molar-refractivity contribution is 5.19. The lowest BCUT2D eigenvalue weighted by molar-refractivity contribution is 0.167. The van der Waals surface area contributed by atoms with Crippen LogP contribution >= 0.6 is 0 Å². The zero-order valence-corrected chi connectivity index (χ0v) is 8.56. The molecule has 1 aromatic carbocycles. The van der Waals surface area contributed by atoms with Gasteiger partial charge >= 0.3 is 0 Å². The topological polar surface area (TPSA) is 26.0 Å². The van der Waals surface area contributed by atoms with Gasteiger partial charge in [-0.1, -0.05) is 13.0 Å². The fourth-order valence-corrected chi connectivity index (χ4v) is 1.36. The molecular formula is C11H14F3N. The molecule has 1 rings (SSSR count). The molecule has 0 aliphatic rings. The van der Waals surface area contributed by atoms with E-state index in [0.29, 0.717) is 5.56 Å². The van der Waals surface area contributed by atoms with Gasteiger partial charge < -0.3 is 5.73 Å². The van der Waals surface area contributed by atoms with Gasteiger partial charge in [-0.25, -0.2) is 13.2 Å². The number of rotatable bonds is 4. The summed E-state index contributed by atoms with van der Waals surface area (Å²) in [4.78, 5) is 0. The minimum absolute atomic E-state index is 0.0111. The fraction of sp³-hybridized carbons (Fsp3) is 0.455. The Morgan fingerprint density at radius 1 is 1.27 bits per heavy atom. The molecule has 0 amide bonds. The highest BCUT2D eigenvalue weighted by atomic mass is 19.2. The van der Waals surface area contributed by atoms with Crippen LogP contribution in [0.4, 0.5) is 13.2 Å². The van der Waals surface area contributed by atoms with Gasteiger partial charge in [-0.15, -0.1) is 0 Å². The number of hydrogen-bond acceptors (Lipinski definition) is 1. The van der Waals surface area contributed by atoms with E-state index < -0.39 is 17.3 Å². The maximum absolute atomic E-state index is 13.8. The summed E-state index contributed by atoms with van der Waals surface area (Å²) >= 11 is 0. The molecule has 4 heteroatoms. The van der Waals surface area contributed by atoms with Crippen LogP contribution in [-0.4, -0.2) is 12.2 Å². The molecule has 0 aliphatic heterocycles. The number of halogens is 3. The molecule has 0 heterocycles. The molecule has 1 unspecified atom stereocenters. The second-order valence-corrected chi connectivity index (χ2v) is 3.63. The van der Waals surface area contributed by atoms with Crippen molar-refractivity contribution in [2.75, 3.05) is 6.54 Å². The molecule has 0 fully saturated rings. The minimum Gasteiger partial charge on any atom is -0.328 e. The van der Waals surface area contributed by atoms with Crippen molar-refractivity contribution in [3.8, 4) is 0 Å². The van der Waals surface area contributed by atoms with E-state index in [0.717, 1.165) is 12.1 Å². The third-order valence-electron chi connectivity index (χ3n) is 2.50. The van der Waals surface area contributed by atoms with Crippen molar-refractivity contribution >= 4 is 0 Å². The Balaban J connectivity index is 2.85. The maximum Gasteiger partial charge on any atom is 0.159 e. The van der Waals surface area contributed by atoms with Crippen LogP contribution in [0, 0.1) is 11.6 Å². The molecule has 15 heavy (non-hydrogen) atoms. The van der Waals surface area contributed by atoms with Crippen LogP contribution in [0.25, 0.3) is 0 Å². The Morgan fingerprint density at radius 3 is 2.40 bits per heavy atom. The Morgan fingerprint density at radius 2 is 1.93 bits per heavy atom. The summed E-state index contributed by atoms with van der Waals surface area (Å²) in [6, 6.07) is 3.38. The second-order valence-electron chi connectivity index (χ2n) is 3.63. The first-order chi connectivity index (χ1) is 7.00. The molecular weight excluding hydrogens is 203 g/mol. The largest absolute Gasteiger partial charge is 0.328 e. The van der Waals surface area contributed by atoms with Gasteiger partial charge in [0.05, 0.1) is 0 Å². The van der Waals surface area contributed by atoms with E-state index in [2.05, 4.69) is 0 Å². The zero-order chi connectivity index (χ0) is 11.5. The summed E-state index contributed by atoms with van der Waals surface area (Å²) < 4.78 is 39.3. The number of hydrogen-bond donors (Lipinski definition) is 1. The van der Waals surface area contributed by atoms with Gasteiger partial charge in [0, 0.05) is 13.0 Å². The summed E-state index contributed by atoms with van der Waals surface area (Å²) in [5.74, 6) is -1.88. The molecule has 1 aromatic rings. The lowest BCUT2D eigenvalue weighted by Gasteiger charge is -2.21. The first-order valence-electron chi connectivity index (χ1n) is 4.83. The lowest BCUT2D eigenvalue weighted by atomic mass is 9.94. The van der Waals surface area contributed by atoms with E-state index in [-0.39, 0.29) is 19.4 Å². The molecule has 0 aromatic heterocycles. The van der Waals surface area contributed by atoms with Crippen molar-refractivity contribution in [2.45, 2.75) is 25.4 Å². The van der Waals surface area contributed by atoms with Crippen LogP contribution in [0.2, 0.25) is 0 Å². The number of alkyl halides is 1. The average molecular weight is 217 g/mol. The average Bonchev–Trinajstić information content (AvgIpc) is 2.23. The first kappa shape index (κ1) is 12.0. The molecule has 2 N–H and O–H groups in total. The van der Waals surface area contributed by atoms with E-state index >= 15 is 0 Å². The van der Waals surface area contributed by atoms with Gasteiger partial charge in [-0.05, 0) is 24.1 Å².